The van der Waals surface area contributed by atoms with Gasteiger partial charge in [-0.1, -0.05) is 20.8 Å². The summed E-state index contributed by atoms with van der Waals surface area (Å²) < 4.78 is 17.9. The second-order valence-corrected chi connectivity index (χ2v) is 9.82. The second-order valence-electron chi connectivity index (χ2n) is 9.82. The van der Waals surface area contributed by atoms with Crippen LogP contribution in [0, 0.1) is 12.7 Å². The molecule has 0 unspecified atom stereocenters. The number of aryl methyl sites for hydroxylation is 3. The fraction of sp³-hybridized carbons (Fsp3) is 0.308. The summed E-state index contributed by atoms with van der Waals surface area (Å²) in [6, 6.07) is 7.46. The van der Waals surface area contributed by atoms with Gasteiger partial charge in [0.2, 0.25) is 0 Å². The Morgan fingerprint density at radius 1 is 1.03 bits per heavy atom. The molecule has 36 heavy (non-hydrogen) atoms. The van der Waals surface area contributed by atoms with Crippen LogP contribution in [0.25, 0.3) is 22.0 Å². The Morgan fingerprint density at radius 2 is 1.75 bits per heavy atom. The maximum Gasteiger partial charge on any atom is 0.324 e. The molecule has 0 aliphatic rings. The van der Waals surface area contributed by atoms with Crippen molar-refractivity contribution in [1.82, 2.24) is 19.3 Å². The molecule has 4 rings (SSSR count). The average Bonchev–Trinajstić information content (AvgIpc) is 3.18. The highest BCUT2D eigenvalue weighted by atomic mass is 19.1. The number of carbonyl (C=O) groups is 1. The Morgan fingerprint density at radius 3 is 2.39 bits per heavy atom. The van der Waals surface area contributed by atoms with E-state index in [1.54, 1.807) is 57.1 Å². The van der Waals surface area contributed by atoms with Crippen LogP contribution in [0.3, 0.4) is 0 Å². The Bertz CT molecular complexity index is 1550. The van der Waals surface area contributed by atoms with Crippen LogP contribution in [0.5, 0.6) is 0 Å². The Hall–Kier alpha value is -4.21. The molecule has 0 saturated heterocycles. The molecule has 3 aromatic heterocycles. The van der Waals surface area contributed by atoms with Gasteiger partial charge in [0.05, 0.1) is 16.9 Å². The molecule has 0 fully saturated rings. The lowest BCUT2D eigenvalue weighted by Crippen LogP contribution is -2.22. The smallest absolute Gasteiger partial charge is 0.324 e. The van der Waals surface area contributed by atoms with E-state index in [2.05, 4.69) is 26.0 Å². The monoisotopic (exact) mass is 491 g/mol. The molecule has 0 radical (unpaired) electrons. The summed E-state index contributed by atoms with van der Waals surface area (Å²) in [5.74, 6) is 0.510. The average molecular weight is 492 g/mol. The summed E-state index contributed by atoms with van der Waals surface area (Å²) in [5, 5.41) is 13.4. The van der Waals surface area contributed by atoms with Crippen molar-refractivity contribution < 1.29 is 9.18 Å². The highest BCUT2D eigenvalue weighted by Gasteiger charge is 2.21. The Labute approximate surface area is 208 Å². The van der Waals surface area contributed by atoms with Gasteiger partial charge in [0.15, 0.2) is 0 Å². The van der Waals surface area contributed by atoms with E-state index in [0.717, 1.165) is 11.1 Å². The van der Waals surface area contributed by atoms with Gasteiger partial charge in [0, 0.05) is 55.8 Å². The molecule has 2 amide bonds. The number of aromatic nitrogens is 4. The summed E-state index contributed by atoms with van der Waals surface area (Å²) in [4.78, 5) is 30.3. The zero-order chi connectivity index (χ0) is 26.4. The molecule has 0 spiro atoms. The number of anilines is 3. The summed E-state index contributed by atoms with van der Waals surface area (Å²) in [5.41, 5.74) is 2.51. The van der Waals surface area contributed by atoms with Gasteiger partial charge in [-0.25, -0.2) is 14.2 Å². The van der Waals surface area contributed by atoms with E-state index in [4.69, 9.17) is 0 Å². The number of nitrogens with one attached hydrogen (secondary N) is 3. The normalized spacial score (nSPS) is 11.6. The van der Waals surface area contributed by atoms with Crippen molar-refractivity contribution >= 4 is 34.3 Å². The third-order valence-corrected chi connectivity index (χ3v) is 6.11. The van der Waals surface area contributed by atoms with E-state index in [-0.39, 0.29) is 16.7 Å². The van der Waals surface area contributed by atoms with E-state index in [9.17, 15) is 14.0 Å². The maximum atomic E-state index is 14.8. The van der Waals surface area contributed by atoms with Gasteiger partial charge in [-0.05, 0) is 36.2 Å². The summed E-state index contributed by atoms with van der Waals surface area (Å²) >= 11 is 0. The third-order valence-electron chi connectivity index (χ3n) is 6.11. The van der Waals surface area contributed by atoms with Gasteiger partial charge in [0.25, 0.3) is 5.56 Å². The van der Waals surface area contributed by atoms with Gasteiger partial charge in [-0.15, -0.1) is 0 Å². The molecule has 0 bridgehead atoms. The van der Waals surface area contributed by atoms with Crippen LogP contribution >= 0.6 is 0 Å². The van der Waals surface area contributed by atoms with Gasteiger partial charge in [0.1, 0.15) is 17.5 Å². The van der Waals surface area contributed by atoms with E-state index < -0.39 is 11.8 Å². The molecular formula is C26H30FN7O2. The largest absolute Gasteiger partial charge is 0.373 e. The molecule has 4 aromatic rings. The maximum absolute atomic E-state index is 14.8. The molecule has 9 nitrogen and oxygen atoms in total. The second kappa shape index (κ2) is 9.10. The van der Waals surface area contributed by atoms with Crippen molar-refractivity contribution in [3.8, 4) is 11.1 Å². The molecule has 10 heteroatoms. The Balaban J connectivity index is 1.69. The number of hydrogen-bond acceptors (Lipinski definition) is 5. The fourth-order valence-corrected chi connectivity index (χ4v) is 3.97. The van der Waals surface area contributed by atoms with E-state index in [1.165, 1.54) is 16.7 Å². The number of hydrogen-bond donors (Lipinski definition) is 3. The quantitative estimate of drug-likeness (QED) is 0.382. The highest BCUT2D eigenvalue weighted by Crippen LogP contribution is 2.29. The topological polar surface area (TPSA) is 106 Å². The summed E-state index contributed by atoms with van der Waals surface area (Å²) in [7, 11) is 5.16. The number of rotatable bonds is 4. The van der Waals surface area contributed by atoms with Crippen molar-refractivity contribution in [3.05, 3.63) is 64.0 Å². The number of urea groups is 1. The van der Waals surface area contributed by atoms with Crippen molar-refractivity contribution in [1.29, 1.82) is 0 Å². The zero-order valence-corrected chi connectivity index (χ0v) is 21.4. The molecule has 3 N–H and O–H groups in total. The molecule has 188 valence electrons. The number of carbonyl (C=O) groups excluding carboxylic acids is 1. The van der Waals surface area contributed by atoms with E-state index in [1.807, 2.05) is 20.8 Å². The summed E-state index contributed by atoms with van der Waals surface area (Å²) in [6.07, 6.45) is 1.68. The zero-order valence-electron chi connectivity index (χ0n) is 21.4. The molecule has 1 aromatic carbocycles. The van der Waals surface area contributed by atoms with Crippen molar-refractivity contribution in [3.63, 3.8) is 0 Å². The van der Waals surface area contributed by atoms with E-state index >= 15 is 0 Å². The van der Waals surface area contributed by atoms with Crippen LogP contribution in [-0.4, -0.2) is 32.4 Å². The molecule has 0 aliphatic carbocycles. The van der Waals surface area contributed by atoms with Gasteiger partial charge in [-0.3, -0.25) is 14.8 Å². The van der Waals surface area contributed by atoms with Crippen LogP contribution in [0.2, 0.25) is 0 Å². The predicted molar refractivity (Wildman–Crippen MR) is 141 cm³/mol. The number of amides is 2. The highest BCUT2D eigenvalue weighted by molar-refractivity contribution is 6.00. The number of pyridine rings is 2. The molecule has 0 aliphatic heterocycles. The minimum absolute atomic E-state index is 0.0443. The van der Waals surface area contributed by atoms with E-state index in [0.29, 0.717) is 33.8 Å². The van der Waals surface area contributed by atoms with Crippen molar-refractivity contribution in [2.75, 3.05) is 23.0 Å². The first kappa shape index (κ1) is 24.9. The molecule has 0 atom stereocenters. The lowest BCUT2D eigenvalue weighted by Gasteiger charge is -2.14. The van der Waals surface area contributed by atoms with Crippen LogP contribution in [0.4, 0.5) is 26.5 Å². The lowest BCUT2D eigenvalue weighted by atomic mass is 9.92. The van der Waals surface area contributed by atoms with Gasteiger partial charge < -0.3 is 15.2 Å². The number of halogens is 1. The van der Waals surface area contributed by atoms with Crippen LogP contribution in [0.1, 0.15) is 32.0 Å². The minimum atomic E-state index is -0.623. The van der Waals surface area contributed by atoms with Gasteiger partial charge >= 0.3 is 6.03 Å². The minimum Gasteiger partial charge on any atom is -0.373 e. The van der Waals surface area contributed by atoms with Crippen LogP contribution in [0.15, 0.2) is 41.3 Å². The predicted octanol–water partition coefficient (Wildman–Crippen LogP) is 4.76. The lowest BCUT2D eigenvalue weighted by molar-refractivity contribution is 0.262. The standard InChI is InChI=1S/C26H30FN7O2/c1-14-8-18(27)19(30-25(36)31-23-12-21(26(2,3)4)32-34(23)7)10-16(14)17-9-15-13-29-22(28-5)11-20(15)33(6)24(17)35/h8-13H,1-7H3,(H,28,29)(H2,30,31,36). The SMILES string of the molecule is CNc1cc2c(cn1)cc(-c1cc(NC(=O)Nc3cc(C(C)(C)C)nn3C)c(F)cc1C)c(=O)n2C. The summed E-state index contributed by atoms with van der Waals surface area (Å²) in [6.45, 7) is 7.79. The van der Waals surface area contributed by atoms with Crippen LogP contribution in [-0.2, 0) is 19.5 Å². The third kappa shape index (κ3) is 4.66. The first-order valence-corrected chi connectivity index (χ1v) is 11.5. The van der Waals surface area contributed by atoms with Crippen LogP contribution < -0.4 is 21.5 Å². The molecule has 0 saturated carbocycles. The van der Waals surface area contributed by atoms with Gasteiger partial charge in [-0.2, -0.15) is 5.10 Å². The molecular weight excluding hydrogens is 461 g/mol. The fourth-order valence-electron chi connectivity index (χ4n) is 3.97. The Kier molecular flexibility index (Phi) is 6.30. The first-order valence-electron chi connectivity index (χ1n) is 11.5. The van der Waals surface area contributed by atoms with Crippen molar-refractivity contribution in [2.45, 2.75) is 33.1 Å². The number of nitrogens with zero attached hydrogens (tertiary/aromatic N) is 4. The molecule has 3 heterocycles. The number of fused-ring (bicyclic) bond motifs is 1. The number of benzene rings is 1. The van der Waals surface area contributed by atoms with Crippen molar-refractivity contribution in [2.24, 2.45) is 14.1 Å². The first-order chi connectivity index (χ1) is 16.9.